The quantitative estimate of drug-likeness (QED) is 0.859. The summed E-state index contributed by atoms with van der Waals surface area (Å²) in [6.07, 6.45) is 0.721. The summed E-state index contributed by atoms with van der Waals surface area (Å²) < 4.78 is 16.0. The molecule has 0 fully saturated rings. The molecule has 6 heteroatoms. The van der Waals surface area contributed by atoms with Gasteiger partial charge in [0.05, 0.1) is 25.8 Å². The Kier molecular flexibility index (Phi) is 5.27. The Morgan fingerprint density at radius 1 is 1.48 bits per heavy atom. The van der Waals surface area contributed by atoms with Gasteiger partial charge in [-0.25, -0.2) is 4.79 Å². The number of hydrogen-bond donors (Lipinski definition) is 2. The summed E-state index contributed by atoms with van der Waals surface area (Å²) in [5, 5.41) is 5.73. The number of carbonyl (C=O) groups is 1. The van der Waals surface area contributed by atoms with Crippen molar-refractivity contribution in [2.75, 3.05) is 27.4 Å². The van der Waals surface area contributed by atoms with Gasteiger partial charge < -0.3 is 24.8 Å². The molecule has 0 saturated heterocycles. The zero-order valence-corrected chi connectivity index (χ0v) is 12.6. The molecule has 0 radical (unpaired) electrons. The van der Waals surface area contributed by atoms with Crippen LogP contribution < -0.4 is 20.1 Å². The Labute approximate surface area is 124 Å². The zero-order valence-electron chi connectivity index (χ0n) is 12.6. The number of methoxy groups -OCH3 is 2. The van der Waals surface area contributed by atoms with Crippen LogP contribution in [-0.2, 0) is 11.2 Å². The molecule has 2 amide bonds. The molecule has 1 aliphatic heterocycles. The molecule has 116 valence electrons. The second kappa shape index (κ2) is 7.17. The molecule has 1 heterocycles. The molecule has 21 heavy (non-hydrogen) atoms. The molecule has 2 atom stereocenters. The largest absolute Gasteiger partial charge is 0.493 e. The van der Waals surface area contributed by atoms with Gasteiger partial charge in [-0.05, 0) is 19.4 Å². The van der Waals surface area contributed by atoms with Gasteiger partial charge in [0, 0.05) is 12.7 Å². The van der Waals surface area contributed by atoms with E-state index >= 15 is 0 Å². The van der Waals surface area contributed by atoms with Gasteiger partial charge in [-0.15, -0.1) is 0 Å². The Balaban J connectivity index is 1.91. The molecule has 1 aliphatic rings. The number of hydrogen-bond acceptors (Lipinski definition) is 4. The minimum Gasteiger partial charge on any atom is -0.493 e. The molecule has 0 saturated carbocycles. The lowest BCUT2D eigenvalue weighted by Gasteiger charge is -2.27. The maximum absolute atomic E-state index is 11.9. The molecule has 2 N–H and O–H groups in total. The van der Waals surface area contributed by atoms with Crippen molar-refractivity contribution >= 4 is 6.03 Å². The Bertz CT molecular complexity index is 493. The van der Waals surface area contributed by atoms with E-state index < -0.39 is 0 Å². The lowest BCUT2D eigenvalue weighted by Crippen LogP contribution is -2.50. The van der Waals surface area contributed by atoms with Crippen molar-refractivity contribution in [3.8, 4) is 11.5 Å². The van der Waals surface area contributed by atoms with Crippen LogP contribution in [0, 0.1) is 0 Å². The summed E-state index contributed by atoms with van der Waals surface area (Å²) in [6, 6.07) is 5.47. The second-order valence-corrected chi connectivity index (χ2v) is 5.13. The third-order valence-corrected chi connectivity index (χ3v) is 3.30. The number of fused-ring (bicyclic) bond motifs is 1. The van der Waals surface area contributed by atoms with Gasteiger partial charge in [0.15, 0.2) is 11.5 Å². The average Bonchev–Trinajstić information content (AvgIpc) is 2.46. The van der Waals surface area contributed by atoms with E-state index in [2.05, 4.69) is 10.6 Å². The van der Waals surface area contributed by atoms with Crippen molar-refractivity contribution in [3.05, 3.63) is 23.8 Å². The van der Waals surface area contributed by atoms with E-state index in [1.54, 1.807) is 14.2 Å². The highest BCUT2D eigenvalue weighted by Crippen LogP contribution is 2.34. The fourth-order valence-corrected chi connectivity index (χ4v) is 2.39. The first kappa shape index (κ1) is 15.4. The van der Waals surface area contributed by atoms with Gasteiger partial charge >= 0.3 is 6.03 Å². The summed E-state index contributed by atoms with van der Waals surface area (Å²) in [5.74, 6) is 1.50. The molecule has 0 aromatic heterocycles. The van der Waals surface area contributed by atoms with Crippen LogP contribution in [0.15, 0.2) is 18.2 Å². The number of carbonyl (C=O) groups excluding carboxylic acids is 1. The van der Waals surface area contributed by atoms with Gasteiger partial charge in [-0.1, -0.05) is 12.1 Å². The average molecular weight is 294 g/mol. The van der Waals surface area contributed by atoms with Crippen LogP contribution in [0.2, 0.25) is 0 Å². The first-order valence-electron chi connectivity index (χ1n) is 6.98. The van der Waals surface area contributed by atoms with E-state index in [4.69, 9.17) is 14.2 Å². The molecular formula is C15H22N2O4. The Hall–Kier alpha value is -1.95. The smallest absolute Gasteiger partial charge is 0.315 e. The molecular weight excluding hydrogens is 272 g/mol. The highest BCUT2D eigenvalue weighted by Gasteiger charge is 2.24. The number of nitrogens with one attached hydrogen (secondary N) is 2. The standard InChI is InChI=1S/C15H22N2O4/c1-10(8-19-2)16-15(18)17-12-7-11-5-4-6-13(20-3)14(11)21-9-12/h4-6,10,12H,7-9H2,1-3H3,(H2,16,17,18). The van der Waals surface area contributed by atoms with Gasteiger partial charge in [0.1, 0.15) is 6.61 Å². The molecule has 1 aromatic carbocycles. The molecule has 6 nitrogen and oxygen atoms in total. The third kappa shape index (κ3) is 4.01. The van der Waals surface area contributed by atoms with Crippen molar-refractivity contribution in [3.63, 3.8) is 0 Å². The molecule has 2 unspecified atom stereocenters. The molecule has 0 aliphatic carbocycles. The summed E-state index contributed by atoms with van der Waals surface area (Å²) in [4.78, 5) is 11.9. The molecule has 0 spiro atoms. The van der Waals surface area contributed by atoms with E-state index in [-0.39, 0.29) is 18.1 Å². The number of amides is 2. The normalized spacial score (nSPS) is 18.1. The second-order valence-electron chi connectivity index (χ2n) is 5.13. The summed E-state index contributed by atoms with van der Waals surface area (Å²) >= 11 is 0. The molecule has 2 rings (SSSR count). The predicted molar refractivity (Wildman–Crippen MR) is 79.0 cm³/mol. The number of ether oxygens (including phenoxy) is 3. The Morgan fingerprint density at radius 3 is 3.00 bits per heavy atom. The van der Waals surface area contributed by atoms with E-state index in [1.165, 1.54) is 0 Å². The number of rotatable bonds is 5. The highest BCUT2D eigenvalue weighted by atomic mass is 16.5. The monoisotopic (exact) mass is 294 g/mol. The van der Waals surface area contributed by atoms with Gasteiger partial charge in [0.2, 0.25) is 0 Å². The summed E-state index contributed by atoms with van der Waals surface area (Å²) in [5.41, 5.74) is 1.04. The Morgan fingerprint density at radius 2 is 2.29 bits per heavy atom. The van der Waals surface area contributed by atoms with Crippen LogP contribution in [0.25, 0.3) is 0 Å². The van der Waals surface area contributed by atoms with Gasteiger partial charge in [0.25, 0.3) is 0 Å². The first-order chi connectivity index (χ1) is 10.1. The number of urea groups is 1. The van der Waals surface area contributed by atoms with E-state index in [0.29, 0.717) is 13.2 Å². The lowest BCUT2D eigenvalue weighted by molar-refractivity contribution is 0.168. The predicted octanol–water partition coefficient (Wildman–Crippen LogP) is 1.33. The van der Waals surface area contributed by atoms with Gasteiger partial charge in [-0.3, -0.25) is 0 Å². The van der Waals surface area contributed by atoms with E-state index in [1.807, 2.05) is 25.1 Å². The molecule has 1 aromatic rings. The fourth-order valence-electron chi connectivity index (χ4n) is 2.39. The van der Waals surface area contributed by atoms with Gasteiger partial charge in [-0.2, -0.15) is 0 Å². The first-order valence-corrected chi connectivity index (χ1v) is 6.98. The van der Waals surface area contributed by atoms with Crippen molar-refractivity contribution in [2.24, 2.45) is 0 Å². The minimum atomic E-state index is -0.209. The minimum absolute atomic E-state index is 0.0353. The van der Waals surface area contributed by atoms with Crippen LogP contribution in [0.4, 0.5) is 4.79 Å². The van der Waals surface area contributed by atoms with Crippen molar-refractivity contribution in [1.82, 2.24) is 10.6 Å². The van der Waals surface area contributed by atoms with Crippen LogP contribution in [0.5, 0.6) is 11.5 Å². The highest BCUT2D eigenvalue weighted by molar-refractivity contribution is 5.74. The van der Waals surface area contributed by atoms with Crippen LogP contribution in [0.1, 0.15) is 12.5 Å². The van der Waals surface area contributed by atoms with Crippen molar-refractivity contribution < 1.29 is 19.0 Å². The topological polar surface area (TPSA) is 68.8 Å². The maximum atomic E-state index is 11.9. The van der Waals surface area contributed by atoms with E-state index in [0.717, 1.165) is 23.5 Å². The summed E-state index contributed by atoms with van der Waals surface area (Å²) in [7, 11) is 3.23. The molecule has 0 bridgehead atoms. The summed E-state index contributed by atoms with van der Waals surface area (Å²) in [6.45, 7) is 2.80. The van der Waals surface area contributed by atoms with Crippen molar-refractivity contribution in [2.45, 2.75) is 25.4 Å². The lowest BCUT2D eigenvalue weighted by atomic mass is 10.0. The number of para-hydroxylation sites is 1. The van der Waals surface area contributed by atoms with Crippen LogP contribution >= 0.6 is 0 Å². The maximum Gasteiger partial charge on any atom is 0.315 e. The SMILES string of the molecule is COCC(C)NC(=O)NC1COc2c(cccc2OC)C1. The van der Waals surface area contributed by atoms with Crippen LogP contribution in [-0.4, -0.2) is 45.5 Å². The number of benzene rings is 1. The van der Waals surface area contributed by atoms with E-state index in [9.17, 15) is 4.79 Å². The third-order valence-electron chi connectivity index (χ3n) is 3.30. The van der Waals surface area contributed by atoms with Crippen molar-refractivity contribution in [1.29, 1.82) is 0 Å². The fraction of sp³-hybridized carbons (Fsp3) is 0.533. The zero-order chi connectivity index (χ0) is 15.2. The van der Waals surface area contributed by atoms with Crippen LogP contribution in [0.3, 0.4) is 0 Å².